The maximum absolute atomic E-state index is 9.85. The minimum atomic E-state index is 0.155. The van der Waals surface area contributed by atoms with Crippen molar-refractivity contribution < 1.29 is 5.11 Å². The predicted octanol–water partition coefficient (Wildman–Crippen LogP) is 0.847. The Hall–Kier alpha value is -0.480. The average molecular weight is 174 g/mol. The van der Waals surface area contributed by atoms with Gasteiger partial charge in [0.1, 0.15) is 0 Å². The van der Waals surface area contributed by atoms with Crippen molar-refractivity contribution in [3.8, 4) is 0 Å². The monoisotopic (exact) mass is 174 g/mol. The standard InChI is InChI=1S/C8H18N2O2/c1-2-3-5-10(7-8-11)6-4-9-12/h11H,2-8H2,1H3. The van der Waals surface area contributed by atoms with Crippen LogP contribution in [0.1, 0.15) is 19.8 Å². The molecule has 0 aromatic carbocycles. The van der Waals surface area contributed by atoms with Gasteiger partial charge in [-0.15, -0.1) is 0 Å². The zero-order chi connectivity index (χ0) is 9.23. The van der Waals surface area contributed by atoms with Gasteiger partial charge in [-0.25, -0.2) is 0 Å². The summed E-state index contributed by atoms with van der Waals surface area (Å²) in [5.74, 6) is 0. The molecule has 12 heavy (non-hydrogen) atoms. The molecule has 0 unspecified atom stereocenters. The van der Waals surface area contributed by atoms with E-state index in [1.54, 1.807) is 0 Å². The van der Waals surface area contributed by atoms with Gasteiger partial charge in [-0.05, 0) is 13.0 Å². The highest BCUT2D eigenvalue weighted by Crippen LogP contribution is 1.94. The molecule has 4 nitrogen and oxygen atoms in total. The summed E-state index contributed by atoms with van der Waals surface area (Å²) < 4.78 is 0. The predicted molar refractivity (Wildman–Crippen MR) is 49.1 cm³/mol. The van der Waals surface area contributed by atoms with Gasteiger partial charge in [-0.3, -0.25) is 4.90 Å². The first kappa shape index (κ1) is 11.5. The Balaban J connectivity index is 3.46. The van der Waals surface area contributed by atoms with Gasteiger partial charge in [0.25, 0.3) is 0 Å². The van der Waals surface area contributed by atoms with Crippen molar-refractivity contribution in [2.24, 2.45) is 5.18 Å². The zero-order valence-electron chi connectivity index (χ0n) is 7.70. The van der Waals surface area contributed by atoms with Crippen LogP contribution in [0.2, 0.25) is 0 Å². The van der Waals surface area contributed by atoms with Crippen molar-refractivity contribution >= 4 is 0 Å². The summed E-state index contributed by atoms with van der Waals surface area (Å²) in [5.41, 5.74) is 0. The van der Waals surface area contributed by atoms with Crippen molar-refractivity contribution in [3.05, 3.63) is 4.91 Å². The number of hydrogen-bond acceptors (Lipinski definition) is 4. The summed E-state index contributed by atoms with van der Waals surface area (Å²) in [5, 5.41) is 11.5. The van der Waals surface area contributed by atoms with Gasteiger partial charge in [-0.1, -0.05) is 18.5 Å². The molecule has 0 saturated heterocycles. The second-order valence-electron chi connectivity index (χ2n) is 2.77. The summed E-state index contributed by atoms with van der Waals surface area (Å²) >= 11 is 0. The van der Waals surface area contributed by atoms with Crippen LogP contribution in [0.15, 0.2) is 5.18 Å². The van der Waals surface area contributed by atoms with Gasteiger partial charge in [0.2, 0.25) is 0 Å². The average Bonchev–Trinajstić information content (AvgIpc) is 2.10. The lowest BCUT2D eigenvalue weighted by Gasteiger charge is -2.18. The van der Waals surface area contributed by atoms with Crippen molar-refractivity contribution in [1.29, 1.82) is 0 Å². The van der Waals surface area contributed by atoms with Gasteiger partial charge in [0.05, 0.1) is 13.2 Å². The molecule has 0 rings (SSSR count). The van der Waals surface area contributed by atoms with E-state index >= 15 is 0 Å². The summed E-state index contributed by atoms with van der Waals surface area (Å²) in [6.45, 7) is 4.87. The van der Waals surface area contributed by atoms with Crippen molar-refractivity contribution in [3.63, 3.8) is 0 Å². The molecule has 0 aliphatic carbocycles. The van der Waals surface area contributed by atoms with E-state index in [1.807, 2.05) is 0 Å². The summed E-state index contributed by atoms with van der Waals surface area (Å²) in [7, 11) is 0. The highest BCUT2D eigenvalue weighted by molar-refractivity contribution is 4.58. The highest BCUT2D eigenvalue weighted by Gasteiger charge is 2.02. The Morgan fingerprint density at radius 1 is 1.33 bits per heavy atom. The molecule has 0 amide bonds. The van der Waals surface area contributed by atoms with Crippen LogP contribution in [0.4, 0.5) is 0 Å². The number of unbranched alkanes of at least 4 members (excludes halogenated alkanes) is 1. The number of nitrogens with zero attached hydrogens (tertiary/aromatic N) is 2. The van der Waals surface area contributed by atoms with Crippen LogP contribution >= 0.6 is 0 Å². The van der Waals surface area contributed by atoms with Gasteiger partial charge in [-0.2, -0.15) is 4.91 Å². The Kier molecular flexibility index (Phi) is 8.27. The van der Waals surface area contributed by atoms with Gasteiger partial charge < -0.3 is 5.11 Å². The van der Waals surface area contributed by atoms with Crippen LogP contribution in [-0.2, 0) is 0 Å². The Morgan fingerprint density at radius 3 is 2.58 bits per heavy atom. The van der Waals surface area contributed by atoms with E-state index in [2.05, 4.69) is 17.0 Å². The van der Waals surface area contributed by atoms with E-state index in [9.17, 15) is 4.91 Å². The van der Waals surface area contributed by atoms with E-state index in [1.165, 1.54) is 0 Å². The van der Waals surface area contributed by atoms with E-state index < -0.39 is 0 Å². The molecular formula is C8H18N2O2. The maximum Gasteiger partial charge on any atom is 0.0938 e. The first-order valence-corrected chi connectivity index (χ1v) is 4.47. The Morgan fingerprint density at radius 2 is 2.08 bits per heavy atom. The lowest BCUT2D eigenvalue weighted by atomic mass is 10.3. The van der Waals surface area contributed by atoms with E-state index in [0.29, 0.717) is 19.6 Å². The largest absolute Gasteiger partial charge is 0.395 e. The second-order valence-corrected chi connectivity index (χ2v) is 2.77. The molecule has 0 aliphatic heterocycles. The minimum Gasteiger partial charge on any atom is -0.395 e. The topological polar surface area (TPSA) is 52.9 Å². The summed E-state index contributed by atoms with van der Waals surface area (Å²) in [6, 6.07) is 0. The number of aliphatic hydroxyl groups excluding tert-OH is 1. The quantitative estimate of drug-likeness (QED) is 0.555. The number of aliphatic hydroxyl groups is 1. The molecule has 0 spiro atoms. The first-order valence-electron chi connectivity index (χ1n) is 4.47. The van der Waals surface area contributed by atoms with Crippen LogP contribution in [0.3, 0.4) is 0 Å². The molecule has 0 fully saturated rings. The van der Waals surface area contributed by atoms with Crippen LogP contribution in [0.25, 0.3) is 0 Å². The Bertz CT molecular complexity index is 109. The molecule has 72 valence electrons. The molecule has 0 atom stereocenters. The molecule has 4 heteroatoms. The van der Waals surface area contributed by atoms with Gasteiger partial charge in [0, 0.05) is 13.1 Å². The fourth-order valence-corrected chi connectivity index (χ4v) is 1.04. The fourth-order valence-electron chi connectivity index (χ4n) is 1.04. The summed E-state index contributed by atoms with van der Waals surface area (Å²) in [6.07, 6.45) is 2.25. The molecule has 0 aromatic rings. The Labute approximate surface area is 73.5 Å². The molecule has 0 radical (unpaired) electrons. The van der Waals surface area contributed by atoms with Crippen molar-refractivity contribution in [2.45, 2.75) is 19.8 Å². The number of hydrogen-bond donors (Lipinski definition) is 1. The lowest BCUT2D eigenvalue weighted by Crippen LogP contribution is -2.30. The molecule has 0 aliphatic rings. The third-order valence-corrected chi connectivity index (χ3v) is 1.75. The van der Waals surface area contributed by atoms with Crippen molar-refractivity contribution in [2.75, 3.05) is 32.8 Å². The highest BCUT2D eigenvalue weighted by atomic mass is 16.3. The second kappa shape index (κ2) is 8.62. The van der Waals surface area contributed by atoms with E-state index in [0.717, 1.165) is 19.4 Å². The van der Waals surface area contributed by atoms with E-state index in [4.69, 9.17) is 5.11 Å². The molecule has 0 bridgehead atoms. The minimum absolute atomic E-state index is 0.155. The molecule has 0 heterocycles. The molecular weight excluding hydrogens is 156 g/mol. The van der Waals surface area contributed by atoms with Crippen LogP contribution in [-0.4, -0.2) is 42.8 Å². The van der Waals surface area contributed by atoms with Crippen LogP contribution in [0.5, 0.6) is 0 Å². The number of nitroso groups, excluding NO2 is 1. The van der Waals surface area contributed by atoms with Crippen LogP contribution < -0.4 is 0 Å². The molecule has 0 saturated carbocycles. The van der Waals surface area contributed by atoms with Crippen LogP contribution in [0, 0.1) is 4.91 Å². The number of rotatable bonds is 8. The normalized spacial score (nSPS) is 10.6. The third-order valence-electron chi connectivity index (χ3n) is 1.75. The smallest absolute Gasteiger partial charge is 0.0938 e. The van der Waals surface area contributed by atoms with Gasteiger partial charge in [0.15, 0.2) is 0 Å². The van der Waals surface area contributed by atoms with Crippen molar-refractivity contribution in [1.82, 2.24) is 4.90 Å². The maximum atomic E-state index is 9.85. The zero-order valence-corrected chi connectivity index (χ0v) is 7.70. The third kappa shape index (κ3) is 6.24. The molecule has 1 N–H and O–H groups in total. The lowest BCUT2D eigenvalue weighted by molar-refractivity contribution is 0.197. The fraction of sp³-hybridized carbons (Fsp3) is 1.00. The van der Waals surface area contributed by atoms with E-state index in [-0.39, 0.29) is 6.61 Å². The first-order chi connectivity index (χ1) is 5.85. The molecule has 0 aromatic heterocycles. The van der Waals surface area contributed by atoms with Gasteiger partial charge >= 0.3 is 0 Å². The SMILES string of the molecule is CCCCN(CCO)CCN=O. The summed E-state index contributed by atoms with van der Waals surface area (Å²) in [4.78, 5) is 11.9.